The van der Waals surface area contributed by atoms with Crippen molar-refractivity contribution >= 4 is 17.5 Å². The van der Waals surface area contributed by atoms with Gasteiger partial charge < -0.3 is 10.6 Å². The maximum absolute atomic E-state index is 12.7. The van der Waals surface area contributed by atoms with E-state index in [9.17, 15) is 4.79 Å². The van der Waals surface area contributed by atoms with Crippen molar-refractivity contribution in [1.29, 1.82) is 0 Å². The Hall–Kier alpha value is -4.06. The Morgan fingerprint density at radius 3 is 2.53 bits per heavy atom. The van der Waals surface area contributed by atoms with Gasteiger partial charge in [0.2, 0.25) is 5.95 Å². The summed E-state index contributed by atoms with van der Waals surface area (Å²) in [7, 11) is 0. The van der Waals surface area contributed by atoms with Crippen LogP contribution in [0.4, 0.5) is 11.6 Å². The van der Waals surface area contributed by atoms with Gasteiger partial charge >= 0.3 is 0 Å². The predicted molar refractivity (Wildman–Crippen MR) is 117 cm³/mol. The predicted octanol–water partition coefficient (Wildman–Crippen LogP) is 4.52. The zero-order valence-corrected chi connectivity index (χ0v) is 16.5. The molecule has 0 spiro atoms. The lowest BCUT2D eigenvalue weighted by Gasteiger charge is -2.11. The van der Waals surface area contributed by atoms with E-state index in [0.717, 1.165) is 28.2 Å². The molecular formula is C24H21N5O. The van der Waals surface area contributed by atoms with Crippen LogP contribution in [0.25, 0.3) is 11.3 Å². The first-order valence-corrected chi connectivity index (χ1v) is 9.63. The summed E-state index contributed by atoms with van der Waals surface area (Å²) < 4.78 is 0. The molecule has 0 aliphatic rings. The van der Waals surface area contributed by atoms with Gasteiger partial charge in [-0.25, -0.2) is 9.97 Å². The summed E-state index contributed by atoms with van der Waals surface area (Å²) in [6.45, 7) is 2.30. The summed E-state index contributed by atoms with van der Waals surface area (Å²) in [5, 5.41) is 6.13. The minimum absolute atomic E-state index is 0.142. The van der Waals surface area contributed by atoms with Crippen molar-refractivity contribution in [2.45, 2.75) is 13.5 Å². The van der Waals surface area contributed by atoms with Gasteiger partial charge in [-0.3, -0.25) is 9.78 Å². The number of pyridine rings is 1. The Kier molecular flexibility index (Phi) is 5.75. The SMILES string of the molecule is Cc1ccc(-c2ccnc(Nc3ccccc3)n2)cc1C(=O)NCc1ccccn1. The van der Waals surface area contributed by atoms with Crippen LogP contribution in [0.3, 0.4) is 0 Å². The molecule has 2 aromatic heterocycles. The minimum atomic E-state index is -0.142. The first kappa shape index (κ1) is 19.3. The van der Waals surface area contributed by atoms with Crippen LogP contribution in [0.5, 0.6) is 0 Å². The molecule has 1 amide bonds. The Labute approximate surface area is 175 Å². The number of amides is 1. The van der Waals surface area contributed by atoms with Crippen LogP contribution in [0, 0.1) is 6.92 Å². The Morgan fingerprint density at radius 1 is 0.900 bits per heavy atom. The van der Waals surface area contributed by atoms with Crippen molar-refractivity contribution in [2.24, 2.45) is 0 Å². The number of carbonyl (C=O) groups excluding carboxylic acids is 1. The second kappa shape index (κ2) is 8.96. The molecular weight excluding hydrogens is 374 g/mol. The molecule has 6 heteroatoms. The fourth-order valence-electron chi connectivity index (χ4n) is 3.02. The van der Waals surface area contributed by atoms with Crippen LogP contribution >= 0.6 is 0 Å². The molecule has 2 heterocycles. The van der Waals surface area contributed by atoms with Gasteiger partial charge in [0, 0.05) is 29.2 Å². The van der Waals surface area contributed by atoms with Crippen LogP contribution in [0.15, 0.2) is 85.2 Å². The minimum Gasteiger partial charge on any atom is -0.346 e. The number of aryl methyl sites for hydroxylation is 1. The summed E-state index contributed by atoms with van der Waals surface area (Å²) in [4.78, 5) is 25.9. The van der Waals surface area contributed by atoms with Crippen LogP contribution < -0.4 is 10.6 Å². The van der Waals surface area contributed by atoms with E-state index in [4.69, 9.17) is 0 Å². The fraction of sp³-hybridized carbons (Fsp3) is 0.0833. The molecule has 30 heavy (non-hydrogen) atoms. The Morgan fingerprint density at radius 2 is 1.73 bits per heavy atom. The molecule has 148 valence electrons. The van der Waals surface area contributed by atoms with Crippen molar-refractivity contribution in [3.05, 3.63) is 102 Å². The first-order valence-electron chi connectivity index (χ1n) is 9.63. The lowest BCUT2D eigenvalue weighted by molar-refractivity contribution is 0.0950. The Bertz CT molecular complexity index is 1150. The third-order valence-corrected chi connectivity index (χ3v) is 4.62. The van der Waals surface area contributed by atoms with E-state index in [1.54, 1.807) is 12.4 Å². The van der Waals surface area contributed by atoms with Gasteiger partial charge in [0.1, 0.15) is 0 Å². The number of aromatic nitrogens is 3. The van der Waals surface area contributed by atoms with Crippen molar-refractivity contribution < 1.29 is 4.79 Å². The molecule has 2 N–H and O–H groups in total. The van der Waals surface area contributed by atoms with Gasteiger partial charge in [0.25, 0.3) is 5.91 Å². The first-order chi connectivity index (χ1) is 14.7. The zero-order chi connectivity index (χ0) is 20.8. The number of benzene rings is 2. The number of para-hydroxylation sites is 1. The van der Waals surface area contributed by atoms with E-state index >= 15 is 0 Å². The molecule has 0 aliphatic heterocycles. The molecule has 0 radical (unpaired) electrons. The highest BCUT2D eigenvalue weighted by Crippen LogP contribution is 2.22. The second-order valence-corrected chi connectivity index (χ2v) is 6.79. The lowest BCUT2D eigenvalue weighted by atomic mass is 10.0. The number of nitrogens with zero attached hydrogens (tertiary/aromatic N) is 3. The van der Waals surface area contributed by atoms with Gasteiger partial charge in [-0.15, -0.1) is 0 Å². The number of hydrogen-bond acceptors (Lipinski definition) is 5. The molecule has 2 aromatic carbocycles. The van der Waals surface area contributed by atoms with Gasteiger partial charge in [-0.1, -0.05) is 36.4 Å². The lowest BCUT2D eigenvalue weighted by Crippen LogP contribution is -2.24. The van der Waals surface area contributed by atoms with Crippen LogP contribution in [0.2, 0.25) is 0 Å². The molecule has 0 bridgehead atoms. The molecule has 4 aromatic rings. The van der Waals surface area contributed by atoms with Gasteiger partial charge in [0.05, 0.1) is 17.9 Å². The largest absolute Gasteiger partial charge is 0.346 e. The molecule has 0 unspecified atom stereocenters. The van der Waals surface area contributed by atoms with Crippen molar-refractivity contribution in [3.63, 3.8) is 0 Å². The summed E-state index contributed by atoms with van der Waals surface area (Å²) in [5.74, 6) is 0.358. The van der Waals surface area contributed by atoms with Crippen molar-refractivity contribution in [3.8, 4) is 11.3 Å². The van der Waals surface area contributed by atoms with Crippen LogP contribution in [0.1, 0.15) is 21.6 Å². The molecule has 4 rings (SSSR count). The number of nitrogens with one attached hydrogen (secondary N) is 2. The van der Waals surface area contributed by atoms with E-state index < -0.39 is 0 Å². The van der Waals surface area contributed by atoms with E-state index in [1.165, 1.54) is 0 Å². The third-order valence-electron chi connectivity index (χ3n) is 4.62. The second-order valence-electron chi connectivity index (χ2n) is 6.79. The maximum atomic E-state index is 12.7. The topological polar surface area (TPSA) is 79.8 Å². The van der Waals surface area contributed by atoms with Gasteiger partial charge in [-0.05, 0) is 48.9 Å². The Balaban J connectivity index is 1.54. The number of anilines is 2. The zero-order valence-electron chi connectivity index (χ0n) is 16.5. The normalized spacial score (nSPS) is 10.4. The van der Waals surface area contributed by atoms with E-state index in [-0.39, 0.29) is 5.91 Å². The third kappa shape index (κ3) is 4.67. The number of hydrogen-bond donors (Lipinski definition) is 2. The highest BCUT2D eigenvalue weighted by molar-refractivity contribution is 5.96. The monoisotopic (exact) mass is 395 g/mol. The van der Waals surface area contributed by atoms with E-state index in [2.05, 4.69) is 25.6 Å². The van der Waals surface area contributed by atoms with Crippen molar-refractivity contribution in [1.82, 2.24) is 20.3 Å². The molecule has 0 aliphatic carbocycles. The maximum Gasteiger partial charge on any atom is 0.251 e. The molecule has 0 saturated carbocycles. The summed E-state index contributed by atoms with van der Waals surface area (Å²) in [6, 6.07) is 23.0. The molecule has 6 nitrogen and oxygen atoms in total. The average Bonchev–Trinajstić information content (AvgIpc) is 2.79. The molecule has 0 saturated heterocycles. The van der Waals surface area contributed by atoms with Crippen LogP contribution in [-0.2, 0) is 6.54 Å². The average molecular weight is 395 g/mol. The number of carbonyl (C=O) groups is 1. The number of rotatable bonds is 6. The molecule has 0 atom stereocenters. The standard InChI is InChI=1S/C24H21N5O/c1-17-10-11-18(15-21(17)23(30)27-16-20-9-5-6-13-25-20)22-12-14-26-24(29-22)28-19-7-3-2-4-8-19/h2-15H,16H2,1H3,(H,27,30)(H,26,28,29). The van der Waals surface area contributed by atoms with Gasteiger partial charge in [0.15, 0.2) is 0 Å². The summed E-state index contributed by atoms with van der Waals surface area (Å²) in [6.07, 6.45) is 3.41. The highest BCUT2D eigenvalue weighted by Gasteiger charge is 2.12. The summed E-state index contributed by atoms with van der Waals surface area (Å²) in [5.41, 5.74) is 4.82. The van der Waals surface area contributed by atoms with Gasteiger partial charge in [-0.2, -0.15) is 0 Å². The smallest absolute Gasteiger partial charge is 0.251 e. The quantitative estimate of drug-likeness (QED) is 0.502. The van der Waals surface area contributed by atoms with Crippen LogP contribution in [-0.4, -0.2) is 20.9 Å². The van der Waals surface area contributed by atoms with E-state index in [1.807, 2.05) is 79.7 Å². The summed E-state index contributed by atoms with van der Waals surface area (Å²) >= 11 is 0. The van der Waals surface area contributed by atoms with Crippen molar-refractivity contribution in [2.75, 3.05) is 5.32 Å². The highest BCUT2D eigenvalue weighted by atomic mass is 16.1. The fourth-order valence-corrected chi connectivity index (χ4v) is 3.02. The molecule has 0 fully saturated rings. The van der Waals surface area contributed by atoms with E-state index in [0.29, 0.717) is 18.1 Å².